The predicted molar refractivity (Wildman–Crippen MR) is 78.7 cm³/mol. The topological polar surface area (TPSA) is 37.3 Å². The fourth-order valence-corrected chi connectivity index (χ4v) is 2.92. The van der Waals surface area contributed by atoms with Gasteiger partial charge in [0.05, 0.1) is 5.57 Å². The first-order valence-corrected chi connectivity index (χ1v) is 7.00. The number of carbonyl (C=O) groups is 1. The SMILES string of the molecule is Cc1ccc(/C=C(/C(=O)O)c2cccs2)c(Br)c1. The van der Waals surface area contributed by atoms with E-state index in [0.717, 1.165) is 20.5 Å². The summed E-state index contributed by atoms with van der Waals surface area (Å²) in [6.45, 7) is 2.00. The van der Waals surface area contributed by atoms with Crippen molar-refractivity contribution in [3.8, 4) is 0 Å². The van der Waals surface area contributed by atoms with Crippen LogP contribution in [0.1, 0.15) is 16.0 Å². The van der Waals surface area contributed by atoms with Gasteiger partial charge < -0.3 is 5.11 Å². The number of hydrogen-bond donors (Lipinski definition) is 1. The van der Waals surface area contributed by atoms with Gasteiger partial charge in [-0.1, -0.05) is 34.1 Å². The monoisotopic (exact) mass is 322 g/mol. The van der Waals surface area contributed by atoms with E-state index in [1.54, 1.807) is 6.08 Å². The van der Waals surface area contributed by atoms with Crippen LogP contribution < -0.4 is 0 Å². The Morgan fingerprint density at radius 1 is 1.39 bits per heavy atom. The van der Waals surface area contributed by atoms with Gasteiger partial charge in [-0.15, -0.1) is 11.3 Å². The first kappa shape index (κ1) is 13.1. The van der Waals surface area contributed by atoms with Gasteiger partial charge in [0, 0.05) is 9.35 Å². The Morgan fingerprint density at radius 3 is 2.72 bits per heavy atom. The van der Waals surface area contributed by atoms with Gasteiger partial charge in [-0.3, -0.25) is 0 Å². The molecule has 0 atom stereocenters. The zero-order valence-corrected chi connectivity index (χ0v) is 12.1. The average molecular weight is 323 g/mol. The van der Waals surface area contributed by atoms with E-state index in [1.165, 1.54) is 11.3 Å². The molecule has 0 saturated heterocycles. The number of thiophene rings is 1. The predicted octanol–water partition coefficient (Wildman–Crippen LogP) is 4.44. The Morgan fingerprint density at radius 2 is 2.17 bits per heavy atom. The van der Waals surface area contributed by atoms with Crippen LogP contribution in [0.3, 0.4) is 0 Å². The molecule has 1 aromatic carbocycles. The third-order valence-corrected chi connectivity index (χ3v) is 4.06. The fourth-order valence-electron chi connectivity index (χ4n) is 1.57. The molecule has 4 heteroatoms. The van der Waals surface area contributed by atoms with Crippen molar-refractivity contribution in [2.24, 2.45) is 0 Å². The summed E-state index contributed by atoms with van der Waals surface area (Å²) in [5, 5.41) is 11.1. The lowest BCUT2D eigenvalue weighted by molar-refractivity contribution is -0.130. The van der Waals surface area contributed by atoms with Crippen LogP contribution in [0.25, 0.3) is 11.6 Å². The second-order valence-electron chi connectivity index (χ2n) is 3.87. The smallest absolute Gasteiger partial charge is 0.337 e. The zero-order chi connectivity index (χ0) is 13.1. The largest absolute Gasteiger partial charge is 0.478 e. The lowest BCUT2D eigenvalue weighted by Crippen LogP contribution is -1.97. The molecule has 0 radical (unpaired) electrons. The maximum Gasteiger partial charge on any atom is 0.337 e. The maximum atomic E-state index is 11.3. The van der Waals surface area contributed by atoms with Crippen LogP contribution in [0.15, 0.2) is 40.2 Å². The molecule has 1 N–H and O–H groups in total. The first-order valence-electron chi connectivity index (χ1n) is 5.33. The molecule has 1 aromatic heterocycles. The summed E-state index contributed by atoms with van der Waals surface area (Å²) >= 11 is 4.88. The van der Waals surface area contributed by atoms with Crippen LogP contribution in [0, 0.1) is 6.92 Å². The molecule has 2 nitrogen and oxygen atoms in total. The highest BCUT2D eigenvalue weighted by molar-refractivity contribution is 9.10. The number of aliphatic carboxylic acids is 1. The minimum Gasteiger partial charge on any atom is -0.478 e. The van der Waals surface area contributed by atoms with Gasteiger partial charge in [-0.25, -0.2) is 4.79 Å². The van der Waals surface area contributed by atoms with E-state index in [2.05, 4.69) is 15.9 Å². The second kappa shape index (κ2) is 5.50. The van der Waals surface area contributed by atoms with E-state index in [-0.39, 0.29) is 0 Å². The molecule has 0 fully saturated rings. The molecule has 2 rings (SSSR count). The van der Waals surface area contributed by atoms with Crippen LogP contribution >= 0.6 is 27.3 Å². The van der Waals surface area contributed by atoms with Crippen molar-refractivity contribution in [3.05, 3.63) is 56.2 Å². The van der Waals surface area contributed by atoms with Crippen molar-refractivity contribution in [2.75, 3.05) is 0 Å². The lowest BCUT2D eigenvalue weighted by atomic mass is 10.1. The molecule has 0 spiro atoms. The van der Waals surface area contributed by atoms with Gasteiger partial charge in [0.2, 0.25) is 0 Å². The van der Waals surface area contributed by atoms with Crippen LogP contribution in [0.2, 0.25) is 0 Å². The number of hydrogen-bond acceptors (Lipinski definition) is 2. The van der Waals surface area contributed by atoms with Gasteiger partial charge in [0.1, 0.15) is 0 Å². The number of carboxylic acid groups (broad SMARTS) is 1. The summed E-state index contributed by atoms with van der Waals surface area (Å²) in [6, 6.07) is 9.51. The highest BCUT2D eigenvalue weighted by Gasteiger charge is 2.12. The van der Waals surface area contributed by atoms with Crippen LogP contribution in [-0.2, 0) is 4.79 Å². The number of aryl methyl sites for hydroxylation is 1. The molecule has 0 amide bonds. The van der Waals surface area contributed by atoms with Crippen molar-refractivity contribution >= 4 is 44.9 Å². The summed E-state index contributed by atoms with van der Waals surface area (Å²) in [7, 11) is 0. The van der Waals surface area contributed by atoms with Crippen LogP contribution in [-0.4, -0.2) is 11.1 Å². The highest BCUT2D eigenvalue weighted by Crippen LogP contribution is 2.27. The van der Waals surface area contributed by atoms with Crippen LogP contribution in [0.4, 0.5) is 0 Å². The summed E-state index contributed by atoms with van der Waals surface area (Å²) in [4.78, 5) is 12.1. The van der Waals surface area contributed by atoms with Gasteiger partial charge in [-0.05, 0) is 41.6 Å². The fraction of sp³-hybridized carbons (Fsp3) is 0.0714. The minimum atomic E-state index is -0.912. The standard InChI is InChI=1S/C14H11BrO2S/c1-9-4-5-10(12(15)7-9)8-11(14(16)17)13-3-2-6-18-13/h2-8H,1H3,(H,16,17)/b11-8+. The van der Waals surface area contributed by atoms with Gasteiger partial charge in [0.15, 0.2) is 0 Å². The Kier molecular flexibility index (Phi) is 3.99. The summed E-state index contributed by atoms with van der Waals surface area (Å²) in [5.41, 5.74) is 2.31. The zero-order valence-electron chi connectivity index (χ0n) is 9.68. The number of halogens is 1. The molecular formula is C14H11BrO2S. The number of rotatable bonds is 3. The van der Waals surface area contributed by atoms with Crippen LogP contribution in [0.5, 0.6) is 0 Å². The number of benzene rings is 1. The van der Waals surface area contributed by atoms with Gasteiger partial charge in [0.25, 0.3) is 0 Å². The molecule has 18 heavy (non-hydrogen) atoms. The normalized spacial score (nSPS) is 11.6. The lowest BCUT2D eigenvalue weighted by Gasteiger charge is -2.03. The van der Waals surface area contributed by atoms with E-state index in [0.29, 0.717) is 5.57 Å². The van der Waals surface area contributed by atoms with Crippen molar-refractivity contribution < 1.29 is 9.90 Å². The third-order valence-electron chi connectivity index (χ3n) is 2.47. The molecule has 92 valence electrons. The quantitative estimate of drug-likeness (QED) is 0.848. The second-order valence-corrected chi connectivity index (χ2v) is 5.67. The molecule has 0 aliphatic rings. The molecule has 0 aliphatic heterocycles. The van der Waals surface area contributed by atoms with Crippen molar-refractivity contribution in [1.29, 1.82) is 0 Å². The molecule has 2 aromatic rings. The van der Waals surface area contributed by atoms with Crippen molar-refractivity contribution in [1.82, 2.24) is 0 Å². The van der Waals surface area contributed by atoms with E-state index >= 15 is 0 Å². The Balaban J connectivity index is 2.49. The van der Waals surface area contributed by atoms with Gasteiger partial charge in [-0.2, -0.15) is 0 Å². The van der Waals surface area contributed by atoms with Gasteiger partial charge >= 0.3 is 5.97 Å². The van der Waals surface area contributed by atoms with E-state index < -0.39 is 5.97 Å². The molecular weight excluding hydrogens is 312 g/mol. The summed E-state index contributed by atoms with van der Waals surface area (Å²) < 4.78 is 0.901. The Hall–Kier alpha value is -1.39. The molecule has 1 heterocycles. The number of carboxylic acids is 1. The van der Waals surface area contributed by atoms with E-state index in [1.807, 2.05) is 42.6 Å². The van der Waals surface area contributed by atoms with Crippen molar-refractivity contribution in [3.63, 3.8) is 0 Å². The average Bonchev–Trinajstić information content (AvgIpc) is 2.80. The summed E-state index contributed by atoms with van der Waals surface area (Å²) in [6.07, 6.45) is 1.69. The van der Waals surface area contributed by atoms with Crippen molar-refractivity contribution in [2.45, 2.75) is 6.92 Å². The maximum absolute atomic E-state index is 11.3. The highest BCUT2D eigenvalue weighted by atomic mass is 79.9. The Bertz CT molecular complexity index is 600. The molecule has 0 aliphatic carbocycles. The third kappa shape index (κ3) is 2.89. The van der Waals surface area contributed by atoms with E-state index in [9.17, 15) is 9.90 Å². The molecule has 0 saturated carbocycles. The van der Waals surface area contributed by atoms with E-state index in [4.69, 9.17) is 0 Å². The molecule has 0 unspecified atom stereocenters. The molecule has 0 bridgehead atoms. The minimum absolute atomic E-state index is 0.314. The Labute approximate surface area is 118 Å². The summed E-state index contributed by atoms with van der Waals surface area (Å²) in [5.74, 6) is -0.912. The first-order chi connectivity index (χ1) is 8.58.